The highest BCUT2D eigenvalue weighted by Gasteiger charge is 2.25. The van der Waals surface area contributed by atoms with Crippen molar-refractivity contribution in [1.29, 1.82) is 0 Å². The smallest absolute Gasteiger partial charge is 0.335 e. The van der Waals surface area contributed by atoms with E-state index in [1.807, 2.05) is 60.7 Å². The maximum Gasteiger partial charge on any atom is 0.335 e. The zero-order valence-corrected chi connectivity index (χ0v) is 35.8. The first-order chi connectivity index (χ1) is 27.9. The van der Waals surface area contributed by atoms with Crippen molar-refractivity contribution in [2.75, 3.05) is 30.8 Å². The Bertz CT molecular complexity index is 2030. The minimum absolute atomic E-state index is 0. The van der Waals surface area contributed by atoms with Crippen molar-refractivity contribution in [2.24, 2.45) is 0 Å². The third-order valence-corrected chi connectivity index (χ3v) is 12.3. The topological polar surface area (TPSA) is 156 Å². The molecule has 1 fully saturated rings. The first kappa shape index (κ1) is 46.6. The number of thiophene rings is 1. The van der Waals surface area contributed by atoms with Crippen LogP contribution in [0.3, 0.4) is 0 Å². The third kappa shape index (κ3) is 13.8. The van der Waals surface area contributed by atoms with E-state index in [1.165, 1.54) is 17.8 Å². The van der Waals surface area contributed by atoms with Gasteiger partial charge in [-0.05, 0) is 104 Å². The molecular weight excluding hydrogens is 788 g/mol. The van der Waals surface area contributed by atoms with Crippen molar-refractivity contribution in [3.8, 4) is 0 Å². The van der Waals surface area contributed by atoms with Crippen LogP contribution in [0.4, 0.5) is 10.7 Å². The van der Waals surface area contributed by atoms with Crippen LogP contribution in [0.1, 0.15) is 130 Å². The average Bonchev–Trinajstić information content (AvgIpc) is 3.66. The molecule has 0 aliphatic heterocycles. The molecule has 1 heterocycles. The molecule has 0 saturated heterocycles. The molecule has 1 aliphatic carbocycles. The molecule has 3 amide bonds. The lowest BCUT2D eigenvalue weighted by Gasteiger charge is -2.32. The van der Waals surface area contributed by atoms with Crippen molar-refractivity contribution in [1.82, 2.24) is 9.80 Å². The lowest BCUT2D eigenvalue weighted by Crippen LogP contribution is -2.41. The molecule has 1 aliphatic rings. The van der Waals surface area contributed by atoms with Gasteiger partial charge in [0.25, 0.3) is 11.8 Å². The molecule has 4 aromatic rings. The second-order valence-corrected chi connectivity index (χ2v) is 16.3. The van der Waals surface area contributed by atoms with Crippen LogP contribution in [0.5, 0.6) is 0 Å². The van der Waals surface area contributed by atoms with Gasteiger partial charge in [0.15, 0.2) is 0 Å². The van der Waals surface area contributed by atoms with Crippen molar-refractivity contribution in [3.05, 3.63) is 117 Å². The molecule has 1 aromatic heterocycles. The van der Waals surface area contributed by atoms with E-state index >= 15 is 0 Å². The van der Waals surface area contributed by atoms with Gasteiger partial charge < -0.3 is 25.7 Å². The second kappa shape index (κ2) is 22.9. The summed E-state index contributed by atoms with van der Waals surface area (Å²) in [4.78, 5) is 67.4. The molecule has 1 saturated carbocycles. The highest BCUT2D eigenvalue weighted by atomic mass is 35.5. The molecular formula is C46H57ClN4O7S. The van der Waals surface area contributed by atoms with Crippen molar-refractivity contribution in [2.45, 2.75) is 103 Å². The summed E-state index contributed by atoms with van der Waals surface area (Å²) in [5.74, 6) is -2.38. The van der Waals surface area contributed by atoms with Gasteiger partial charge in [0.05, 0.1) is 17.5 Å². The number of aromatic carboxylic acids is 1. The number of rotatable bonds is 20. The molecule has 11 nitrogen and oxygen atoms in total. The number of carbonyl (C=O) groups excluding carboxylic acids is 3. The number of carbonyl (C=O) groups is 5. The minimum atomic E-state index is -0.993. The van der Waals surface area contributed by atoms with Crippen LogP contribution in [0.25, 0.3) is 0 Å². The lowest BCUT2D eigenvalue weighted by atomic mass is 9.88. The average molecular weight is 846 g/mol. The minimum Gasteiger partial charge on any atom is -0.481 e. The third-order valence-electron chi connectivity index (χ3n) is 11.1. The van der Waals surface area contributed by atoms with E-state index in [0.717, 1.165) is 72.9 Å². The molecule has 0 bridgehead atoms. The summed E-state index contributed by atoms with van der Waals surface area (Å²) >= 11 is 1.48. The molecule has 0 atom stereocenters. The normalized spacial score (nSPS) is 12.8. The van der Waals surface area contributed by atoms with Gasteiger partial charge in [0.2, 0.25) is 5.91 Å². The van der Waals surface area contributed by atoms with Crippen LogP contribution in [-0.2, 0) is 29.0 Å². The summed E-state index contributed by atoms with van der Waals surface area (Å²) in [7, 11) is 1.70. The summed E-state index contributed by atoms with van der Waals surface area (Å²) in [5.41, 5.74) is 4.91. The van der Waals surface area contributed by atoms with Crippen LogP contribution in [0.2, 0.25) is 0 Å². The maximum atomic E-state index is 13.9. The molecule has 5 rings (SSSR count). The van der Waals surface area contributed by atoms with E-state index in [4.69, 9.17) is 10.2 Å². The van der Waals surface area contributed by atoms with Gasteiger partial charge in [0.1, 0.15) is 5.00 Å². The van der Waals surface area contributed by atoms with Gasteiger partial charge in [-0.2, -0.15) is 0 Å². The number of halogens is 1. The molecule has 0 unspecified atom stereocenters. The van der Waals surface area contributed by atoms with Gasteiger partial charge in [-0.1, -0.05) is 69.5 Å². The van der Waals surface area contributed by atoms with Crippen molar-refractivity contribution in [3.63, 3.8) is 0 Å². The van der Waals surface area contributed by atoms with Gasteiger partial charge in [-0.3, -0.25) is 24.1 Å². The van der Waals surface area contributed by atoms with E-state index in [9.17, 15) is 24.0 Å². The van der Waals surface area contributed by atoms with Crippen molar-refractivity contribution >= 4 is 64.1 Å². The molecule has 0 radical (unpaired) electrons. The predicted molar refractivity (Wildman–Crippen MR) is 236 cm³/mol. The van der Waals surface area contributed by atoms with E-state index in [2.05, 4.69) is 29.4 Å². The Labute approximate surface area is 357 Å². The SMILES string of the molecule is CCC(CC)N(CCN(C)C(=O)CCC(=O)O)Cc1cccc(C(=O)Nc2sc(C3CCCCC3)cc2C(=O)Nc2ccc(CCc3ccc(C(=O)O)cc3)cc2)c1.Cl. The number of likely N-dealkylation sites (N-methyl/N-ethyl adjacent to an activating group) is 1. The van der Waals surface area contributed by atoms with Crippen LogP contribution in [0.15, 0.2) is 78.9 Å². The molecule has 0 spiro atoms. The van der Waals surface area contributed by atoms with E-state index in [-0.39, 0.29) is 54.6 Å². The first-order valence-electron chi connectivity index (χ1n) is 20.4. The van der Waals surface area contributed by atoms with Gasteiger partial charge in [-0.15, -0.1) is 23.7 Å². The second-order valence-electron chi connectivity index (χ2n) is 15.2. The Morgan fingerprint density at radius 2 is 1.39 bits per heavy atom. The number of carboxylic acids is 2. The summed E-state index contributed by atoms with van der Waals surface area (Å²) < 4.78 is 0. The lowest BCUT2D eigenvalue weighted by molar-refractivity contribution is -0.140. The molecule has 316 valence electrons. The van der Waals surface area contributed by atoms with E-state index in [1.54, 1.807) is 30.1 Å². The summed E-state index contributed by atoms with van der Waals surface area (Å²) in [6.07, 6.45) is 8.72. The highest BCUT2D eigenvalue weighted by Crippen LogP contribution is 2.40. The number of hydrogen-bond donors (Lipinski definition) is 4. The molecule has 13 heteroatoms. The summed E-state index contributed by atoms with van der Waals surface area (Å²) in [6.45, 7) is 5.89. The number of nitrogens with zero attached hydrogens (tertiary/aromatic N) is 2. The fourth-order valence-electron chi connectivity index (χ4n) is 7.54. The van der Waals surface area contributed by atoms with Crippen LogP contribution in [-0.4, -0.2) is 75.9 Å². The number of carboxylic acid groups (broad SMARTS) is 2. The maximum absolute atomic E-state index is 13.9. The van der Waals surface area contributed by atoms with Gasteiger partial charge >= 0.3 is 11.9 Å². The van der Waals surface area contributed by atoms with E-state index in [0.29, 0.717) is 47.4 Å². The Kier molecular flexibility index (Phi) is 18.1. The standard InChI is InChI=1S/C46H56N4O7S.ClH/c1-4-38(5-2)50(27-26-49(3)41(51)24-25-42(52)53)30-33-10-9-13-36(28-33)43(54)48-45-39(29-40(58-45)34-11-7-6-8-12-34)44(55)47-37-22-18-32(19-23-37)15-14-31-16-20-35(21-17-31)46(56)57;/h9-10,13,16-23,28-29,34,38H,4-8,11-12,14-15,24-27,30H2,1-3H3,(H,47,55)(H,48,54)(H,52,53)(H,56,57);1H. The van der Waals surface area contributed by atoms with Gasteiger partial charge in [-0.25, -0.2) is 4.79 Å². The zero-order valence-electron chi connectivity index (χ0n) is 34.2. The highest BCUT2D eigenvalue weighted by molar-refractivity contribution is 7.16. The summed E-state index contributed by atoms with van der Waals surface area (Å²) in [5, 5.41) is 24.8. The van der Waals surface area contributed by atoms with Crippen LogP contribution < -0.4 is 10.6 Å². The number of anilines is 2. The number of nitrogens with one attached hydrogen (secondary N) is 2. The Morgan fingerprint density at radius 1 is 0.746 bits per heavy atom. The molecule has 4 N–H and O–H groups in total. The van der Waals surface area contributed by atoms with Crippen molar-refractivity contribution < 1.29 is 34.2 Å². The van der Waals surface area contributed by atoms with Gasteiger partial charge in [0, 0.05) is 55.3 Å². The Hall–Kier alpha value is -5.04. The number of benzene rings is 3. The Morgan fingerprint density at radius 3 is 2.00 bits per heavy atom. The largest absolute Gasteiger partial charge is 0.481 e. The molecule has 59 heavy (non-hydrogen) atoms. The quantitative estimate of drug-likeness (QED) is 0.0686. The number of aliphatic carboxylic acids is 1. The van der Waals surface area contributed by atoms with E-state index < -0.39 is 11.9 Å². The first-order valence-corrected chi connectivity index (χ1v) is 21.2. The number of amides is 3. The monoisotopic (exact) mass is 844 g/mol. The van der Waals surface area contributed by atoms with Crippen LogP contribution >= 0.6 is 23.7 Å². The number of hydrogen-bond acceptors (Lipinski definition) is 7. The fraction of sp³-hybridized carbons (Fsp3) is 0.413. The fourth-order valence-corrected chi connectivity index (χ4v) is 8.76. The van der Waals surface area contributed by atoms with Crippen LogP contribution in [0, 0.1) is 0 Å². The Balaban J connectivity index is 0.00000769. The zero-order chi connectivity index (χ0) is 41.6. The summed E-state index contributed by atoms with van der Waals surface area (Å²) in [6, 6.07) is 24.3. The predicted octanol–water partition coefficient (Wildman–Crippen LogP) is 9.52. The molecule has 3 aromatic carbocycles. The number of aryl methyl sites for hydroxylation is 2.